The van der Waals surface area contributed by atoms with Crippen molar-refractivity contribution in [2.75, 3.05) is 0 Å². The number of hydrogen-bond acceptors (Lipinski definition) is 5. The van der Waals surface area contributed by atoms with Gasteiger partial charge in [-0.25, -0.2) is 9.97 Å². The quantitative estimate of drug-likeness (QED) is 0.289. The maximum atomic E-state index is 9.75. The summed E-state index contributed by atoms with van der Waals surface area (Å²) in [5.74, 6) is 2.67. The Hall–Kier alpha value is -4.25. The number of rotatable bonds is 3. The summed E-state index contributed by atoms with van der Waals surface area (Å²) in [7, 11) is 0. The summed E-state index contributed by atoms with van der Waals surface area (Å²) in [4.78, 5) is 10.3. The number of aromatic nitrogens is 3. The molecule has 0 saturated carbocycles. The molecule has 5 heteroatoms. The molecule has 0 bridgehead atoms. The maximum Gasteiger partial charge on any atom is 0.143 e. The number of hydrogen-bond donors (Lipinski definition) is 1. The van der Waals surface area contributed by atoms with Crippen LogP contribution in [0.1, 0.15) is 53.2 Å². The molecule has 2 aliphatic rings. The fraction of sp³-hybridized carbons (Fsp3) is 0.242. The Morgan fingerprint density at radius 3 is 2.50 bits per heavy atom. The third-order valence-corrected chi connectivity index (χ3v) is 8.67. The standard InChI is InChI=1S/C33H29N3O2/c1-20-29-16-15-28-30(24-8-6-7-23(17-24)22-11-13-27(37)14-12-22)35-21(2)36-32(28)33(29,26-9-4-3-5-10-26)18-25-19-34-38-31(20)25/h3-14,17,19-20,29,37H,15-16,18H2,1-2H3/t20-,29-,33+/m0/s1. The van der Waals surface area contributed by atoms with Crippen molar-refractivity contribution in [3.05, 3.63) is 119 Å². The van der Waals surface area contributed by atoms with Gasteiger partial charge in [0.05, 0.1) is 17.6 Å². The highest BCUT2D eigenvalue weighted by molar-refractivity contribution is 5.74. The number of phenolic OH excluding ortho intramolecular Hbond substituents is 1. The molecule has 5 nitrogen and oxygen atoms in total. The topological polar surface area (TPSA) is 72.0 Å². The first-order chi connectivity index (χ1) is 18.5. The van der Waals surface area contributed by atoms with Crippen LogP contribution in [0, 0.1) is 12.8 Å². The predicted molar refractivity (Wildman–Crippen MR) is 147 cm³/mol. The number of nitrogens with zero attached hydrogens (tertiary/aromatic N) is 3. The fourth-order valence-corrected chi connectivity index (χ4v) is 7.00. The number of aromatic hydroxyl groups is 1. The molecule has 0 fully saturated rings. The molecule has 38 heavy (non-hydrogen) atoms. The highest BCUT2D eigenvalue weighted by Crippen LogP contribution is 2.57. The van der Waals surface area contributed by atoms with Crippen LogP contribution >= 0.6 is 0 Å². The van der Waals surface area contributed by atoms with E-state index in [1.54, 1.807) is 12.1 Å². The van der Waals surface area contributed by atoms with Crippen molar-refractivity contribution in [2.24, 2.45) is 5.92 Å². The fourth-order valence-electron chi connectivity index (χ4n) is 7.00. The summed E-state index contributed by atoms with van der Waals surface area (Å²) in [5, 5.41) is 13.9. The molecule has 0 saturated heterocycles. The van der Waals surface area contributed by atoms with E-state index in [0.29, 0.717) is 5.92 Å². The van der Waals surface area contributed by atoms with Gasteiger partial charge in [-0.1, -0.05) is 72.7 Å². The lowest BCUT2D eigenvalue weighted by molar-refractivity contribution is 0.188. The van der Waals surface area contributed by atoms with Gasteiger partial charge in [-0.2, -0.15) is 0 Å². The van der Waals surface area contributed by atoms with Gasteiger partial charge < -0.3 is 9.63 Å². The second-order valence-electron chi connectivity index (χ2n) is 10.7. The minimum absolute atomic E-state index is 0.242. The molecular weight excluding hydrogens is 470 g/mol. The predicted octanol–water partition coefficient (Wildman–Crippen LogP) is 7.02. The van der Waals surface area contributed by atoms with Crippen LogP contribution in [0.15, 0.2) is 89.6 Å². The molecule has 5 aromatic rings. The monoisotopic (exact) mass is 499 g/mol. The Labute approximate surface area is 222 Å². The molecule has 0 radical (unpaired) electrons. The molecule has 188 valence electrons. The lowest BCUT2D eigenvalue weighted by Gasteiger charge is -2.50. The van der Waals surface area contributed by atoms with Gasteiger partial charge in [-0.05, 0) is 67.0 Å². The van der Waals surface area contributed by atoms with Gasteiger partial charge >= 0.3 is 0 Å². The first kappa shape index (κ1) is 22.9. The van der Waals surface area contributed by atoms with Gasteiger partial charge in [-0.15, -0.1) is 0 Å². The zero-order valence-corrected chi connectivity index (χ0v) is 21.6. The Kier molecular flexibility index (Phi) is 5.22. The average molecular weight is 500 g/mol. The van der Waals surface area contributed by atoms with E-state index in [1.165, 1.54) is 16.7 Å². The molecule has 2 aliphatic carbocycles. The Morgan fingerprint density at radius 1 is 0.895 bits per heavy atom. The van der Waals surface area contributed by atoms with Crippen LogP contribution in [0.3, 0.4) is 0 Å². The highest BCUT2D eigenvalue weighted by Gasteiger charge is 2.54. The second-order valence-corrected chi connectivity index (χ2v) is 10.7. The van der Waals surface area contributed by atoms with E-state index in [9.17, 15) is 5.11 Å². The number of phenols is 1. The summed E-state index contributed by atoms with van der Waals surface area (Å²) in [6, 6.07) is 26.8. The van der Waals surface area contributed by atoms with Gasteiger partial charge in [0.25, 0.3) is 0 Å². The van der Waals surface area contributed by atoms with Crippen LogP contribution in [-0.2, 0) is 18.3 Å². The summed E-state index contributed by atoms with van der Waals surface area (Å²) in [6.45, 7) is 4.29. The molecule has 0 spiro atoms. The summed E-state index contributed by atoms with van der Waals surface area (Å²) in [6.07, 6.45) is 4.67. The van der Waals surface area contributed by atoms with E-state index in [2.05, 4.69) is 66.7 Å². The van der Waals surface area contributed by atoms with E-state index < -0.39 is 0 Å². The third kappa shape index (κ3) is 3.42. The lowest BCUT2D eigenvalue weighted by atomic mass is 9.53. The van der Waals surface area contributed by atoms with Crippen LogP contribution < -0.4 is 0 Å². The summed E-state index contributed by atoms with van der Waals surface area (Å²) < 4.78 is 5.77. The van der Waals surface area contributed by atoms with Gasteiger partial charge in [0, 0.05) is 28.0 Å². The van der Waals surface area contributed by atoms with E-state index in [-0.39, 0.29) is 17.1 Å². The molecule has 3 atom stereocenters. The molecule has 0 amide bonds. The van der Waals surface area contributed by atoms with Crippen molar-refractivity contribution in [2.45, 2.75) is 44.4 Å². The smallest absolute Gasteiger partial charge is 0.143 e. The molecule has 0 unspecified atom stereocenters. The van der Waals surface area contributed by atoms with Crippen LogP contribution in [0.25, 0.3) is 22.4 Å². The van der Waals surface area contributed by atoms with Crippen molar-refractivity contribution in [1.29, 1.82) is 0 Å². The maximum absolute atomic E-state index is 9.75. The second kappa shape index (κ2) is 8.66. The summed E-state index contributed by atoms with van der Waals surface area (Å²) >= 11 is 0. The van der Waals surface area contributed by atoms with E-state index >= 15 is 0 Å². The molecular formula is C33H29N3O2. The first-order valence-electron chi connectivity index (χ1n) is 13.3. The summed E-state index contributed by atoms with van der Waals surface area (Å²) in [5.41, 5.74) is 8.86. The lowest BCUT2D eigenvalue weighted by Crippen LogP contribution is -2.48. The highest BCUT2D eigenvalue weighted by atomic mass is 16.5. The number of aryl methyl sites for hydroxylation is 1. The minimum Gasteiger partial charge on any atom is -0.508 e. The Balaban J connectivity index is 1.45. The minimum atomic E-state index is -0.274. The van der Waals surface area contributed by atoms with Gasteiger partial charge in [0.15, 0.2) is 0 Å². The van der Waals surface area contributed by atoms with Crippen molar-refractivity contribution >= 4 is 0 Å². The van der Waals surface area contributed by atoms with Crippen molar-refractivity contribution in [3.8, 4) is 28.1 Å². The van der Waals surface area contributed by atoms with Crippen LogP contribution in [0.2, 0.25) is 0 Å². The van der Waals surface area contributed by atoms with E-state index in [4.69, 9.17) is 14.5 Å². The zero-order chi connectivity index (χ0) is 25.9. The van der Waals surface area contributed by atoms with Crippen LogP contribution in [0.4, 0.5) is 0 Å². The molecule has 7 rings (SSSR count). The first-order valence-corrected chi connectivity index (χ1v) is 13.3. The third-order valence-electron chi connectivity index (χ3n) is 8.67. The molecule has 3 aromatic carbocycles. The van der Waals surface area contributed by atoms with Crippen molar-refractivity contribution in [1.82, 2.24) is 15.1 Å². The zero-order valence-electron chi connectivity index (χ0n) is 21.6. The van der Waals surface area contributed by atoms with E-state index in [0.717, 1.165) is 58.9 Å². The normalized spacial score (nSPS) is 21.8. The SMILES string of the molecule is Cc1nc(-c2cccc(-c3ccc(O)cc3)c2)c2c(n1)[C@@]1(c3ccccc3)Cc3cnoc3[C@@H](C)[C@@H]1CC2. The Morgan fingerprint density at radius 2 is 1.68 bits per heavy atom. The average Bonchev–Trinajstić information content (AvgIpc) is 3.42. The molecule has 2 heterocycles. The Bertz CT molecular complexity index is 1640. The largest absolute Gasteiger partial charge is 0.508 e. The van der Waals surface area contributed by atoms with Gasteiger partial charge in [0.2, 0.25) is 0 Å². The molecule has 1 N–H and O–H groups in total. The van der Waals surface area contributed by atoms with Crippen LogP contribution in [0.5, 0.6) is 5.75 Å². The van der Waals surface area contributed by atoms with Crippen molar-refractivity contribution in [3.63, 3.8) is 0 Å². The number of fused-ring (bicyclic) bond motifs is 4. The van der Waals surface area contributed by atoms with Gasteiger partial charge in [-0.3, -0.25) is 0 Å². The molecule has 0 aliphatic heterocycles. The van der Waals surface area contributed by atoms with Crippen LogP contribution in [-0.4, -0.2) is 20.2 Å². The number of benzene rings is 3. The van der Waals surface area contributed by atoms with Gasteiger partial charge in [0.1, 0.15) is 17.3 Å². The van der Waals surface area contributed by atoms with E-state index in [1.807, 2.05) is 25.3 Å². The molecule has 2 aromatic heterocycles. The van der Waals surface area contributed by atoms with Crippen molar-refractivity contribution < 1.29 is 9.63 Å².